The largest absolute Gasteiger partial charge is 0.497 e. The second-order valence-electron chi connectivity index (χ2n) is 5.37. The zero-order valence-electron chi connectivity index (χ0n) is 15.7. The van der Waals surface area contributed by atoms with Crippen LogP contribution in [0.25, 0.3) is 0 Å². The summed E-state index contributed by atoms with van der Waals surface area (Å²) in [5.74, 6) is 1.10. The van der Waals surface area contributed by atoms with E-state index in [0.717, 1.165) is 0 Å². The molecular formula is C18H20ClN3O5S. The van der Waals surface area contributed by atoms with E-state index in [9.17, 15) is 4.79 Å². The average molecular weight is 426 g/mol. The third-order valence-corrected chi connectivity index (χ3v) is 4.22. The fraction of sp³-hybridized carbons (Fsp3) is 0.222. The van der Waals surface area contributed by atoms with Crippen molar-refractivity contribution in [2.24, 2.45) is 5.73 Å². The van der Waals surface area contributed by atoms with Crippen LogP contribution in [0.1, 0.15) is 10.4 Å². The smallest absolute Gasteiger partial charge is 0.270 e. The normalized spacial score (nSPS) is 10.0. The van der Waals surface area contributed by atoms with Gasteiger partial charge in [0, 0.05) is 23.8 Å². The third kappa shape index (κ3) is 4.68. The lowest BCUT2D eigenvalue weighted by Crippen LogP contribution is -2.49. The Bertz CT molecular complexity index is 872. The van der Waals surface area contributed by atoms with Crippen LogP contribution in [0.3, 0.4) is 0 Å². The van der Waals surface area contributed by atoms with Crippen LogP contribution in [-0.2, 0) is 0 Å². The number of anilines is 1. The number of carbonyl (C=O) groups is 1. The summed E-state index contributed by atoms with van der Waals surface area (Å²) >= 11 is 11.2. The number of amides is 1. The van der Waals surface area contributed by atoms with E-state index in [0.29, 0.717) is 33.7 Å². The Kier molecular flexibility index (Phi) is 7.13. The number of carbonyl (C=O) groups excluding carboxylic acids is 1. The van der Waals surface area contributed by atoms with Crippen molar-refractivity contribution >= 4 is 40.5 Å². The Hall–Kier alpha value is -2.91. The first kappa shape index (κ1) is 21.4. The molecule has 0 saturated carbocycles. The van der Waals surface area contributed by atoms with Crippen molar-refractivity contribution in [3.8, 4) is 23.0 Å². The minimum atomic E-state index is -0.499. The van der Waals surface area contributed by atoms with Gasteiger partial charge in [0.2, 0.25) is 0 Å². The van der Waals surface area contributed by atoms with E-state index in [-0.39, 0.29) is 10.7 Å². The fourth-order valence-corrected chi connectivity index (χ4v) is 2.73. The maximum Gasteiger partial charge on any atom is 0.270 e. The van der Waals surface area contributed by atoms with Crippen molar-refractivity contribution in [3.63, 3.8) is 0 Å². The maximum absolute atomic E-state index is 12.8. The van der Waals surface area contributed by atoms with Crippen LogP contribution in [0, 0.1) is 0 Å². The maximum atomic E-state index is 12.8. The van der Waals surface area contributed by atoms with Crippen molar-refractivity contribution in [2.45, 2.75) is 0 Å². The SMILES string of the molecule is COc1cc(OC)cc(C(=O)NN(C(N)=S)c2cc(OC)c(Cl)cc2OC)c1. The predicted octanol–water partition coefficient (Wildman–Crippen LogP) is 2.77. The van der Waals surface area contributed by atoms with Gasteiger partial charge in [0.1, 0.15) is 28.7 Å². The first-order chi connectivity index (χ1) is 13.3. The van der Waals surface area contributed by atoms with Gasteiger partial charge in [-0.25, -0.2) is 5.01 Å². The minimum Gasteiger partial charge on any atom is -0.497 e. The third-order valence-electron chi connectivity index (χ3n) is 3.74. The van der Waals surface area contributed by atoms with Crippen LogP contribution in [-0.4, -0.2) is 39.5 Å². The summed E-state index contributed by atoms with van der Waals surface area (Å²) in [4.78, 5) is 12.8. The van der Waals surface area contributed by atoms with E-state index in [1.165, 1.54) is 39.5 Å². The van der Waals surface area contributed by atoms with Gasteiger partial charge in [-0.2, -0.15) is 0 Å². The molecule has 0 spiro atoms. The zero-order valence-corrected chi connectivity index (χ0v) is 17.3. The number of rotatable bonds is 6. The lowest BCUT2D eigenvalue weighted by molar-refractivity contribution is 0.0954. The van der Waals surface area contributed by atoms with Crippen molar-refractivity contribution in [1.29, 1.82) is 0 Å². The van der Waals surface area contributed by atoms with Crippen molar-refractivity contribution in [3.05, 3.63) is 40.9 Å². The molecule has 28 heavy (non-hydrogen) atoms. The number of halogens is 1. The Morgan fingerprint density at radius 3 is 2.00 bits per heavy atom. The van der Waals surface area contributed by atoms with E-state index in [1.807, 2.05) is 0 Å². The molecule has 8 nitrogen and oxygen atoms in total. The lowest BCUT2D eigenvalue weighted by Gasteiger charge is -2.26. The molecule has 0 radical (unpaired) electrons. The van der Waals surface area contributed by atoms with Gasteiger partial charge < -0.3 is 24.7 Å². The number of thiocarbonyl (C=S) groups is 1. The number of nitrogens with one attached hydrogen (secondary N) is 1. The molecule has 0 heterocycles. The summed E-state index contributed by atoms with van der Waals surface area (Å²) in [7, 11) is 5.89. The van der Waals surface area contributed by atoms with Gasteiger partial charge in [-0.1, -0.05) is 11.6 Å². The standard InChI is InChI=1S/C18H20ClN3O5S/c1-24-11-5-10(6-12(7-11)25-2)17(23)21-22(18(20)28)14-9-15(26-3)13(19)8-16(14)27-4/h5-9H,1-4H3,(H2,20,28)(H,21,23). The summed E-state index contributed by atoms with van der Waals surface area (Å²) in [5.41, 5.74) is 9.08. The Labute approximate surface area is 173 Å². The highest BCUT2D eigenvalue weighted by Gasteiger charge is 2.21. The average Bonchev–Trinajstić information content (AvgIpc) is 2.70. The number of ether oxygens (including phenoxy) is 4. The molecule has 0 atom stereocenters. The van der Waals surface area contributed by atoms with E-state index in [1.54, 1.807) is 24.3 Å². The van der Waals surface area contributed by atoms with E-state index < -0.39 is 5.91 Å². The quantitative estimate of drug-likeness (QED) is 0.539. The summed E-state index contributed by atoms with van der Waals surface area (Å²) in [6.45, 7) is 0. The summed E-state index contributed by atoms with van der Waals surface area (Å²) in [6, 6.07) is 7.83. The van der Waals surface area contributed by atoms with Gasteiger partial charge in [-0.05, 0) is 24.4 Å². The van der Waals surface area contributed by atoms with Gasteiger partial charge in [0.25, 0.3) is 5.91 Å². The molecule has 0 aliphatic heterocycles. The number of nitrogens with two attached hydrogens (primary N) is 1. The highest BCUT2D eigenvalue weighted by atomic mass is 35.5. The van der Waals surface area contributed by atoms with Crippen LogP contribution in [0.2, 0.25) is 5.02 Å². The molecule has 1 amide bonds. The molecule has 150 valence electrons. The van der Waals surface area contributed by atoms with Crippen LogP contribution in [0.15, 0.2) is 30.3 Å². The molecule has 0 fully saturated rings. The lowest BCUT2D eigenvalue weighted by atomic mass is 10.2. The van der Waals surface area contributed by atoms with Gasteiger partial charge in [0.05, 0.1) is 33.5 Å². The molecule has 2 rings (SSSR count). The van der Waals surface area contributed by atoms with Crippen LogP contribution >= 0.6 is 23.8 Å². The molecule has 0 saturated heterocycles. The second-order valence-corrected chi connectivity index (χ2v) is 6.20. The highest BCUT2D eigenvalue weighted by molar-refractivity contribution is 7.80. The van der Waals surface area contributed by atoms with Crippen LogP contribution < -0.4 is 35.1 Å². The van der Waals surface area contributed by atoms with Gasteiger partial charge in [-0.15, -0.1) is 0 Å². The Morgan fingerprint density at radius 1 is 0.964 bits per heavy atom. The number of hydrazine groups is 1. The molecule has 0 aromatic heterocycles. The zero-order chi connectivity index (χ0) is 20.8. The number of nitrogens with zero attached hydrogens (tertiary/aromatic N) is 1. The molecule has 2 aromatic rings. The predicted molar refractivity (Wildman–Crippen MR) is 111 cm³/mol. The van der Waals surface area contributed by atoms with Crippen LogP contribution in [0.5, 0.6) is 23.0 Å². The number of benzene rings is 2. The monoisotopic (exact) mass is 425 g/mol. The van der Waals surface area contributed by atoms with Crippen LogP contribution in [0.4, 0.5) is 5.69 Å². The number of hydrogen-bond acceptors (Lipinski definition) is 6. The van der Waals surface area contributed by atoms with Crippen molar-refractivity contribution in [1.82, 2.24) is 5.43 Å². The second kappa shape index (κ2) is 9.34. The van der Waals surface area contributed by atoms with E-state index >= 15 is 0 Å². The fourth-order valence-electron chi connectivity index (χ4n) is 2.36. The molecule has 0 aliphatic rings. The first-order valence-corrected chi connectivity index (χ1v) is 8.68. The van der Waals surface area contributed by atoms with E-state index in [2.05, 4.69) is 5.43 Å². The van der Waals surface area contributed by atoms with E-state index in [4.69, 9.17) is 48.5 Å². The molecular weight excluding hydrogens is 406 g/mol. The van der Waals surface area contributed by atoms with Gasteiger partial charge in [-0.3, -0.25) is 10.2 Å². The molecule has 0 aliphatic carbocycles. The molecule has 3 N–H and O–H groups in total. The van der Waals surface area contributed by atoms with Crippen molar-refractivity contribution < 1.29 is 23.7 Å². The Balaban J connectivity index is 2.44. The topological polar surface area (TPSA) is 95.3 Å². The molecule has 0 bridgehead atoms. The summed E-state index contributed by atoms with van der Waals surface area (Å²) < 4.78 is 20.9. The van der Waals surface area contributed by atoms with Crippen molar-refractivity contribution in [2.75, 3.05) is 33.4 Å². The summed E-state index contributed by atoms with van der Waals surface area (Å²) in [5, 5.41) is 1.40. The molecule has 10 heteroatoms. The first-order valence-electron chi connectivity index (χ1n) is 7.89. The molecule has 0 unspecified atom stereocenters. The summed E-state index contributed by atoms with van der Waals surface area (Å²) in [6.07, 6.45) is 0. The number of hydrogen-bond donors (Lipinski definition) is 2. The minimum absolute atomic E-state index is 0.120. The highest BCUT2D eigenvalue weighted by Crippen LogP contribution is 2.37. The number of methoxy groups -OCH3 is 4. The van der Waals surface area contributed by atoms with Gasteiger partial charge >= 0.3 is 0 Å². The molecule has 2 aromatic carbocycles. The van der Waals surface area contributed by atoms with Gasteiger partial charge in [0.15, 0.2) is 5.11 Å². The Morgan fingerprint density at radius 2 is 1.54 bits per heavy atom.